The normalized spacial score (nSPS) is 19.8. The zero-order chi connectivity index (χ0) is 24.6. The minimum Gasteiger partial charge on any atom is -0.497 e. The second kappa shape index (κ2) is 9.59. The molecule has 5 rings (SSSR count). The van der Waals surface area contributed by atoms with Crippen LogP contribution in [0.25, 0.3) is 10.9 Å². The van der Waals surface area contributed by atoms with Crippen molar-refractivity contribution < 1.29 is 17.9 Å². The first-order valence-electron chi connectivity index (χ1n) is 12.2. The van der Waals surface area contributed by atoms with Gasteiger partial charge in [-0.15, -0.1) is 0 Å². The molecule has 2 saturated heterocycles. The van der Waals surface area contributed by atoms with E-state index in [1.54, 1.807) is 25.4 Å². The van der Waals surface area contributed by atoms with Crippen molar-refractivity contribution in [3.8, 4) is 5.75 Å². The van der Waals surface area contributed by atoms with Crippen LogP contribution in [0.3, 0.4) is 0 Å². The number of fused-ring (bicyclic) bond motifs is 1. The summed E-state index contributed by atoms with van der Waals surface area (Å²) in [5.74, 6) is 0.758. The number of piperidine rings is 1. The molecule has 3 aromatic rings. The maximum atomic E-state index is 13.5. The number of methoxy groups -OCH3 is 1. The molecule has 184 valence electrons. The Balaban J connectivity index is 1.30. The van der Waals surface area contributed by atoms with Crippen LogP contribution in [0, 0.1) is 12.8 Å². The lowest BCUT2D eigenvalue weighted by atomic mass is 9.95. The molecule has 0 bridgehead atoms. The molecule has 0 N–H and O–H groups in total. The largest absolute Gasteiger partial charge is 0.497 e. The Labute approximate surface area is 206 Å². The highest BCUT2D eigenvalue weighted by molar-refractivity contribution is 7.89. The first-order valence-corrected chi connectivity index (χ1v) is 13.6. The molecule has 7 nitrogen and oxygen atoms in total. The van der Waals surface area contributed by atoms with E-state index in [2.05, 4.69) is 4.98 Å². The lowest BCUT2D eigenvalue weighted by molar-refractivity contribution is -0.137. The number of pyridine rings is 1. The maximum Gasteiger partial charge on any atom is 0.245 e. The van der Waals surface area contributed by atoms with Gasteiger partial charge in [0.1, 0.15) is 10.6 Å². The topological polar surface area (TPSA) is 79.8 Å². The van der Waals surface area contributed by atoms with Crippen LogP contribution in [0.15, 0.2) is 59.6 Å². The van der Waals surface area contributed by atoms with Crippen molar-refractivity contribution in [2.24, 2.45) is 5.92 Å². The van der Waals surface area contributed by atoms with E-state index < -0.39 is 10.0 Å². The van der Waals surface area contributed by atoms with Crippen LogP contribution in [-0.2, 0) is 14.8 Å². The number of rotatable bonds is 5. The van der Waals surface area contributed by atoms with Crippen LogP contribution >= 0.6 is 0 Å². The molecule has 0 spiro atoms. The molecule has 1 atom stereocenters. The molecule has 1 amide bonds. The number of hydrogen-bond acceptors (Lipinski definition) is 5. The zero-order valence-electron chi connectivity index (χ0n) is 20.2. The second-order valence-electron chi connectivity index (χ2n) is 9.49. The van der Waals surface area contributed by atoms with Crippen LogP contribution < -0.4 is 4.74 Å². The molecule has 0 radical (unpaired) electrons. The molecule has 8 heteroatoms. The summed E-state index contributed by atoms with van der Waals surface area (Å²) in [5.41, 5.74) is 2.57. The van der Waals surface area contributed by atoms with Crippen molar-refractivity contribution in [1.82, 2.24) is 14.2 Å². The summed E-state index contributed by atoms with van der Waals surface area (Å²) < 4.78 is 33.9. The number of aromatic nitrogens is 1. The van der Waals surface area contributed by atoms with Gasteiger partial charge in [0.25, 0.3) is 0 Å². The number of benzene rings is 2. The minimum atomic E-state index is -3.70. The molecule has 0 saturated carbocycles. The fourth-order valence-electron chi connectivity index (χ4n) is 5.39. The predicted octanol–water partition coefficient (Wildman–Crippen LogP) is 4.32. The number of para-hydroxylation sites is 1. The van der Waals surface area contributed by atoms with Crippen LogP contribution in [0.2, 0.25) is 0 Å². The number of ether oxygens (including phenoxy) is 1. The van der Waals surface area contributed by atoms with Crippen molar-refractivity contribution in [2.45, 2.75) is 43.5 Å². The van der Waals surface area contributed by atoms with E-state index in [1.807, 2.05) is 48.2 Å². The fraction of sp³-hybridized carbons (Fsp3) is 0.407. The number of amides is 1. The van der Waals surface area contributed by atoms with Gasteiger partial charge in [0, 0.05) is 37.1 Å². The van der Waals surface area contributed by atoms with Crippen LogP contribution in [-0.4, -0.2) is 55.3 Å². The highest BCUT2D eigenvalue weighted by atomic mass is 32.2. The SMILES string of the molecule is COc1cccc(C2CCCN2C(=O)C2CCN(S(=O)(=O)c3cccc4cc(C)cnc34)CC2)c1. The Morgan fingerprint density at radius 3 is 2.57 bits per heavy atom. The number of hydrogen-bond donors (Lipinski definition) is 0. The third kappa shape index (κ3) is 4.52. The van der Waals surface area contributed by atoms with Gasteiger partial charge in [-0.05, 0) is 68.0 Å². The van der Waals surface area contributed by atoms with Gasteiger partial charge in [-0.1, -0.05) is 24.3 Å². The summed E-state index contributed by atoms with van der Waals surface area (Å²) >= 11 is 0. The second-order valence-corrected chi connectivity index (χ2v) is 11.4. The Kier molecular flexibility index (Phi) is 6.51. The standard InChI is InChI=1S/C27H31N3O4S/c1-19-16-22-7-4-10-25(26(22)28-18-19)35(32,33)29-14-11-20(12-15-29)27(31)30-13-5-9-24(30)21-6-3-8-23(17-21)34-2/h3-4,6-8,10,16-18,20,24H,5,9,11-15H2,1-2H3. The summed E-state index contributed by atoms with van der Waals surface area (Å²) in [5, 5.41) is 0.814. The molecule has 1 aromatic heterocycles. The number of nitrogens with zero attached hydrogens (tertiary/aromatic N) is 3. The van der Waals surface area contributed by atoms with Gasteiger partial charge < -0.3 is 9.64 Å². The highest BCUT2D eigenvalue weighted by Gasteiger charge is 2.38. The van der Waals surface area contributed by atoms with Gasteiger partial charge in [0.2, 0.25) is 15.9 Å². The molecule has 35 heavy (non-hydrogen) atoms. The number of likely N-dealkylation sites (tertiary alicyclic amines) is 1. The van der Waals surface area contributed by atoms with E-state index in [9.17, 15) is 13.2 Å². The number of sulfonamides is 1. The van der Waals surface area contributed by atoms with Crippen LogP contribution in [0.1, 0.15) is 42.9 Å². The smallest absolute Gasteiger partial charge is 0.245 e. The van der Waals surface area contributed by atoms with E-state index >= 15 is 0 Å². The lowest BCUT2D eigenvalue weighted by Gasteiger charge is -2.34. The molecule has 2 aromatic carbocycles. The summed E-state index contributed by atoms with van der Waals surface area (Å²) in [4.78, 5) is 20.1. The molecule has 2 fully saturated rings. The van der Waals surface area contributed by atoms with Gasteiger partial charge >= 0.3 is 0 Å². The Hall–Kier alpha value is -2.97. The first kappa shape index (κ1) is 23.8. The maximum absolute atomic E-state index is 13.5. The van der Waals surface area contributed by atoms with E-state index in [0.29, 0.717) is 31.4 Å². The van der Waals surface area contributed by atoms with Crippen molar-refractivity contribution >= 4 is 26.8 Å². The fourth-order valence-corrected chi connectivity index (χ4v) is 7.03. The minimum absolute atomic E-state index is 0.0459. The van der Waals surface area contributed by atoms with Gasteiger partial charge in [0.05, 0.1) is 18.7 Å². The van der Waals surface area contributed by atoms with Crippen molar-refractivity contribution in [3.63, 3.8) is 0 Å². The van der Waals surface area contributed by atoms with Crippen LogP contribution in [0.4, 0.5) is 0 Å². The van der Waals surface area contributed by atoms with E-state index in [0.717, 1.165) is 41.6 Å². The van der Waals surface area contributed by atoms with Gasteiger partial charge in [0.15, 0.2) is 0 Å². The summed E-state index contributed by atoms with van der Waals surface area (Å²) in [7, 11) is -2.05. The number of aryl methyl sites for hydroxylation is 1. The first-order chi connectivity index (χ1) is 16.9. The van der Waals surface area contributed by atoms with Crippen molar-refractivity contribution in [1.29, 1.82) is 0 Å². The van der Waals surface area contributed by atoms with E-state index in [1.165, 1.54) is 4.31 Å². The third-order valence-corrected chi connectivity index (χ3v) is 9.18. The molecule has 1 unspecified atom stereocenters. The number of carbonyl (C=O) groups excluding carboxylic acids is 1. The van der Waals surface area contributed by atoms with Crippen molar-refractivity contribution in [3.05, 3.63) is 65.9 Å². The van der Waals surface area contributed by atoms with Gasteiger partial charge in [-0.2, -0.15) is 4.31 Å². The average molecular weight is 494 g/mol. The monoisotopic (exact) mass is 493 g/mol. The molecular weight excluding hydrogens is 462 g/mol. The quantitative estimate of drug-likeness (QED) is 0.529. The van der Waals surface area contributed by atoms with E-state index in [-0.39, 0.29) is 22.8 Å². The van der Waals surface area contributed by atoms with E-state index in [4.69, 9.17) is 4.74 Å². The Morgan fingerprint density at radius 2 is 1.80 bits per heavy atom. The number of carbonyl (C=O) groups is 1. The summed E-state index contributed by atoms with van der Waals surface area (Å²) in [6.07, 6.45) is 4.64. The molecular formula is C27H31N3O4S. The average Bonchev–Trinajstić information content (AvgIpc) is 3.38. The molecule has 3 heterocycles. The zero-order valence-corrected chi connectivity index (χ0v) is 21.0. The summed E-state index contributed by atoms with van der Waals surface area (Å²) in [6.45, 7) is 3.34. The highest BCUT2D eigenvalue weighted by Crippen LogP contribution is 2.36. The molecule has 2 aliphatic rings. The lowest BCUT2D eigenvalue weighted by Crippen LogP contribution is -2.44. The molecule has 2 aliphatic heterocycles. The Bertz CT molecular complexity index is 1350. The van der Waals surface area contributed by atoms with Gasteiger partial charge in [-0.25, -0.2) is 8.42 Å². The van der Waals surface area contributed by atoms with Crippen LogP contribution in [0.5, 0.6) is 5.75 Å². The molecule has 0 aliphatic carbocycles. The predicted molar refractivity (Wildman–Crippen MR) is 135 cm³/mol. The van der Waals surface area contributed by atoms with Crippen molar-refractivity contribution in [2.75, 3.05) is 26.7 Å². The van der Waals surface area contributed by atoms with Gasteiger partial charge in [-0.3, -0.25) is 9.78 Å². The summed E-state index contributed by atoms with van der Waals surface area (Å²) in [6, 6.07) is 15.2. The third-order valence-electron chi connectivity index (χ3n) is 7.25. The Morgan fingerprint density at radius 1 is 1.03 bits per heavy atom.